The van der Waals surface area contributed by atoms with Gasteiger partial charge in [-0.2, -0.15) is 0 Å². The maximum absolute atomic E-state index is 13.8. The average molecular weight is 371 g/mol. The van der Waals surface area contributed by atoms with Crippen molar-refractivity contribution < 1.29 is 18.0 Å². The van der Waals surface area contributed by atoms with Gasteiger partial charge in [0.1, 0.15) is 0 Å². The Morgan fingerprint density at radius 1 is 0.926 bits per heavy atom. The normalized spacial score (nSPS) is 10.6. The summed E-state index contributed by atoms with van der Waals surface area (Å²) in [5, 5.41) is 5.38. The van der Waals surface area contributed by atoms with Crippen LogP contribution in [0, 0.1) is 31.3 Å². The number of rotatable bonds is 4. The minimum absolute atomic E-state index is 0.225. The number of benzene rings is 2. The van der Waals surface area contributed by atoms with Crippen molar-refractivity contribution in [2.24, 2.45) is 0 Å². The average Bonchev–Trinajstić information content (AvgIpc) is 2.65. The number of aryl methyl sites for hydroxylation is 2. The van der Waals surface area contributed by atoms with Crippen LogP contribution in [0.1, 0.15) is 21.5 Å². The van der Waals surface area contributed by atoms with Gasteiger partial charge in [-0.1, -0.05) is 17.7 Å². The summed E-state index contributed by atoms with van der Waals surface area (Å²) < 4.78 is 40.2. The molecule has 0 aliphatic rings. The Balaban J connectivity index is 1.81. The van der Waals surface area contributed by atoms with Crippen LogP contribution in [0.4, 0.5) is 30.2 Å². The van der Waals surface area contributed by atoms with Gasteiger partial charge in [0.2, 0.25) is 0 Å². The molecule has 1 amide bonds. The van der Waals surface area contributed by atoms with Crippen LogP contribution in [0.3, 0.4) is 0 Å². The quantitative estimate of drug-likeness (QED) is 0.627. The van der Waals surface area contributed by atoms with Crippen molar-refractivity contribution in [1.29, 1.82) is 0 Å². The molecule has 0 saturated carbocycles. The third kappa shape index (κ3) is 4.08. The highest BCUT2D eigenvalue weighted by Crippen LogP contribution is 2.24. The zero-order valence-corrected chi connectivity index (χ0v) is 14.6. The predicted octanol–water partition coefficient (Wildman–Crippen LogP) is 5.11. The smallest absolute Gasteiger partial charge is 0.257 e. The van der Waals surface area contributed by atoms with Gasteiger partial charge < -0.3 is 10.6 Å². The number of aromatic nitrogens is 1. The van der Waals surface area contributed by atoms with E-state index in [0.29, 0.717) is 5.69 Å². The number of carbonyl (C=O) groups excluding carboxylic acids is 1. The van der Waals surface area contributed by atoms with Crippen molar-refractivity contribution >= 4 is 23.0 Å². The van der Waals surface area contributed by atoms with Crippen LogP contribution in [-0.4, -0.2) is 10.9 Å². The molecule has 0 unspecified atom stereocenters. The molecule has 27 heavy (non-hydrogen) atoms. The molecule has 138 valence electrons. The van der Waals surface area contributed by atoms with E-state index in [9.17, 15) is 18.0 Å². The topological polar surface area (TPSA) is 54.0 Å². The van der Waals surface area contributed by atoms with Crippen molar-refractivity contribution in [2.45, 2.75) is 13.8 Å². The van der Waals surface area contributed by atoms with Crippen molar-refractivity contribution in [3.05, 3.63) is 82.9 Å². The largest absolute Gasteiger partial charge is 0.352 e. The van der Waals surface area contributed by atoms with E-state index in [1.54, 1.807) is 6.07 Å². The molecular formula is C20H16F3N3O. The van der Waals surface area contributed by atoms with Gasteiger partial charge in [-0.05, 0) is 43.7 Å². The molecule has 0 spiro atoms. The second-order valence-corrected chi connectivity index (χ2v) is 6.08. The fourth-order valence-corrected chi connectivity index (χ4v) is 2.56. The van der Waals surface area contributed by atoms with Crippen molar-refractivity contribution in [3.63, 3.8) is 0 Å². The predicted molar refractivity (Wildman–Crippen MR) is 97.7 cm³/mol. The lowest BCUT2D eigenvalue weighted by Crippen LogP contribution is -2.13. The standard InChI is InChI=1S/C20H16F3N3O/c1-11-3-5-16(12(2)7-11)26-20(27)13-8-14(10-24-9-13)25-17-6-4-15(21)18(22)19(17)23/h3-10,25H,1-2H3,(H,26,27). The lowest BCUT2D eigenvalue weighted by Gasteiger charge is -2.11. The first-order valence-corrected chi connectivity index (χ1v) is 8.09. The molecule has 0 saturated heterocycles. The fourth-order valence-electron chi connectivity index (χ4n) is 2.56. The monoisotopic (exact) mass is 371 g/mol. The first kappa shape index (κ1) is 18.4. The SMILES string of the molecule is Cc1ccc(NC(=O)c2cncc(Nc3ccc(F)c(F)c3F)c2)c(C)c1. The zero-order valence-electron chi connectivity index (χ0n) is 14.6. The molecule has 2 aromatic carbocycles. The molecule has 1 aromatic heterocycles. The second kappa shape index (κ2) is 7.49. The maximum atomic E-state index is 13.8. The lowest BCUT2D eigenvalue weighted by molar-refractivity contribution is 0.102. The van der Waals surface area contributed by atoms with Crippen molar-refractivity contribution in [2.75, 3.05) is 10.6 Å². The minimum Gasteiger partial charge on any atom is -0.352 e. The van der Waals surface area contributed by atoms with Crippen LogP contribution in [0.5, 0.6) is 0 Å². The number of pyridine rings is 1. The van der Waals surface area contributed by atoms with Crippen LogP contribution in [0.25, 0.3) is 0 Å². The Hall–Kier alpha value is -3.35. The van der Waals surface area contributed by atoms with E-state index in [2.05, 4.69) is 15.6 Å². The first-order valence-electron chi connectivity index (χ1n) is 8.09. The van der Waals surface area contributed by atoms with E-state index in [-0.39, 0.29) is 16.9 Å². The van der Waals surface area contributed by atoms with Gasteiger partial charge in [0, 0.05) is 11.9 Å². The van der Waals surface area contributed by atoms with Crippen LogP contribution in [0.15, 0.2) is 48.8 Å². The van der Waals surface area contributed by atoms with Crippen LogP contribution < -0.4 is 10.6 Å². The number of amides is 1. The number of nitrogens with zero attached hydrogens (tertiary/aromatic N) is 1. The summed E-state index contributed by atoms with van der Waals surface area (Å²) in [6.45, 7) is 3.83. The van der Waals surface area contributed by atoms with Gasteiger partial charge in [-0.3, -0.25) is 9.78 Å². The van der Waals surface area contributed by atoms with Crippen LogP contribution in [0.2, 0.25) is 0 Å². The molecule has 0 fully saturated rings. The van der Waals surface area contributed by atoms with Crippen LogP contribution >= 0.6 is 0 Å². The molecule has 0 radical (unpaired) electrons. The summed E-state index contributed by atoms with van der Waals surface area (Å²) in [5.41, 5.74) is 2.87. The zero-order chi connectivity index (χ0) is 19.6. The Kier molecular flexibility index (Phi) is 5.12. The highest BCUT2D eigenvalue weighted by Gasteiger charge is 2.14. The molecule has 2 N–H and O–H groups in total. The number of anilines is 3. The molecule has 0 aliphatic heterocycles. The van der Waals surface area contributed by atoms with Crippen molar-refractivity contribution in [1.82, 2.24) is 4.98 Å². The summed E-state index contributed by atoms with van der Waals surface area (Å²) in [6, 6.07) is 8.94. The van der Waals surface area contributed by atoms with E-state index in [1.807, 2.05) is 26.0 Å². The van der Waals surface area contributed by atoms with Crippen LogP contribution in [-0.2, 0) is 0 Å². The summed E-state index contributed by atoms with van der Waals surface area (Å²) in [5.74, 6) is -4.60. The van der Waals surface area contributed by atoms with E-state index in [1.165, 1.54) is 18.5 Å². The first-order chi connectivity index (χ1) is 12.8. The number of nitrogens with one attached hydrogen (secondary N) is 2. The molecule has 7 heteroatoms. The second-order valence-electron chi connectivity index (χ2n) is 6.08. The summed E-state index contributed by atoms with van der Waals surface area (Å²) >= 11 is 0. The van der Waals surface area contributed by atoms with Crippen molar-refractivity contribution in [3.8, 4) is 0 Å². The Morgan fingerprint density at radius 3 is 2.41 bits per heavy atom. The summed E-state index contributed by atoms with van der Waals surface area (Å²) in [7, 11) is 0. The third-order valence-electron chi connectivity index (χ3n) is 3.94. The van der Waals surface area contributed by atoms with Gasteiger partial charge in [-0.25, -0.2) is 13.2 Å². The minimum atomic E-state index is -1.57. The summed E-state index contributed by atoms with van der Waals surface area (Å²) in [4.78, 5) is 16.4. The Morgan fingerprint density at radius 2 is 1.67 bits per heavy atom. The van der Waals surface area contributed by atoms with E-state index in [4.69, 9.17) is 0 Å². The van der Waals surface area contributed by atoms with Gasteiger partial charge in [0.15, 0.2) is 17.5 Å². The number of hydrogen-bond acceptors (Lipinski definition) is 3. The van der Waals surface area contributed by atoms with Gasteiger partial charge >= 0.3 is 0 Å². The Labute approximate surface area is 154 Å². The molecule has 4 nitrogen and oxygen atoms in total. The fraction of sp³-hybridized carbons (Fsp3) is 0.100. The molecule has 1 heterocycles. The van der Waals surface area contributed by atoms with Gasteiger partial charge in [-0.15, -0.1) is 0 Å². The molecule has 3 rings (SSSR count). The molecule has 0 aliphatic carbocycles. The van der Waals surface area contributed by atoms with E-state index in [0.717, 1.165) is 23.3 Å². The molecular weight excluding hydrogens is 355 g/mol. The molecule has 3 aromatic rings. The highest BCUT2D eigenvalue weighted by atomic mass is 19.2. The van der Waals surface area contributed by atoms with E-state index < -0.39 is 23.4 Å². The van der Waals surface area contributed by atoms with E-state index >= 15 is 0 Å². The molecule has 0 bridgehead atoms. The highest BCUT2D eigenvalue weighted by molar-refractivity contribution is 6.05. The number of hydrogen-bond donors (Lipinski definition) is 2. The number of halogens is 3. The summed E-state index contributed by atoms with van der Waals surface area (Å²) in [6.07, 6.45) is 2.69. The van der Waals surface area contributed by atoms with Gasteiger partial charge in [0.25, 0.3) is 5.91 Å². The number of carbonyl (C=O) groups is 1. The maximum Gasteiger partial charge on any atom is 0.257 e. The third-order valence-corrected chi connectivity index (χ3v) is 3.94. The molecule has 0 atom stereocenters. The van der Waals surface area contributed by atoms with Gasteiger partial charge in [0.05, 0.1) is 23.1 Å². The lowest BCUT2D eigenvalue weighted by atomic mass is 10.1. The Bertz CT molecular complexity index is 1020.